The van der Waals surface area contributed by atoms with Gasteiger partial charge < -0.3 is 92.8 Å². The standard InChI is InChI=1S/C23H23N5O.C18H14N4O.C17H11BrN2O.C17H13N3O.C14H12O2.C11H21NO5S.C3H2N2.CH4N2.CH3NO.3CH4.H3N/c24-22-21-20(14-28(23(21)27-15-26-22)17-5-4-12-25-13-17)16-8-10-19(11-9-16)29-18-6-2-1-3-7-18;19-17-16-15(10-20-18(16)22-11-21-17)12-6-8-14(9-7-12)23-13-4-2-1-3-5-13;1-20-17(12-19)16(11-18)13-7-9-15(10-8-13)21-14-5-3-2-4-6-14;1-19-16-15(11-20-17(16)18)12-7-9-14(10-8-12)21-13-5-3-2-4-6-13;1-11(15)12-7-9-14(10-8-12)16-13-5-3-2-4-6-13;1-11(2,3)16-10(13)12-7-5-6-9(8-12)17-18(4,14)15;1-5-3-2-4;2*2-1-3;;;;/h1-3,6-11,14-15,17,25H,4-5,12-13H2,(H2,24,26,27);1-11H,(H3,19,20,21,22);2-10H,11H2;2-11,20H,18H2;2-10H,1H3;9H,5-8H2,1-4H3;3H2;1H,(H3,2,3);1H,(H2,2,3);3*1H4;1H3/b;;17-16-;;;;;;;;;;. The molecule has 2 fully saturated rings. The van der Waals surface area contributed by atoms with Crippen molar-refractivity contribution >= 4 is 101 Å². The third-order valence-electron chi connectivity index (χ3n) is 19.8. The van der Waals surface area contributed by atoms with E-state index in [1.54, 1.807) is 70.6 Å². The number of nitrogens with zero attached hydrogens (tertiary/aromatic N) is 11. The molecule has 2 atom stereocenters. The van der Waals surface area contributed by atoms with Crippen LogP contribution in [-0.2, 0) is 23.8 Å². The average Bonchev–Trinajstić information content (AvgIpc) is 1.61. The lowest BCUT2D eigenvalue weighted by Crippen LogP contribution is -2.45. The number of likely N-dealkylation sites (tertiary alicyclic amines) is 1. The van der Waals surface area contributed by atoms with Crippen LogP contribution in [0, 0.1) is 47.8 Å². The van der Waals surface area contributed by atoms with Crippen molar-refractivity contribution in [1.29, 1.82) is 15.9 Å². The number of amides is 2. The van der Waals surface area contributed by atoms with Crippen molar-refractivity contribution in [2.75, 3.05) is 61.5 Å². The summed E-state index contributed by atoms with van der Waals surface area (Å²) in [7, 11) is -3.49. The predicted octanol–water partition coefficient (Wildman–Crippen LogP) is 24.2. The van der Waals surface area contributed by atoms with Gasteiger partial charge in [-0.15, -0.1) is 0 Å². The summed E-state index contributed by atoms with van der Waals surface area (Å²) in [5, 5.41) is 28.1. The van der Waals surface area contributed by atoms with E-state index >= 15 is 0 Å². The Bertz CT molecular complexity index is 6790. The van der Waals surface area contributed by atoms with Crippen molar-refractivity contribution in [3.63, 3.8) is 0 Å². The molecule has 15 aromatic rings. The van der Waals surface area contributed by atoms with Crippen molar-refractivity contribution in [1.82, 2.24) is 50.8 Å². The first-order valence-electron chi connectivity index (χ1n) is 43.1. The van der Waals surface area contributed by atoms with E-state index in [0.29, 0.717) is 70.8 Å². The SMILES string of the molecule is C.C.C.CC(=O)c1ccc(Oc2ccccc2)cc1.CC(C)(C)OC(=O)N1CCCC(OS(C)(=O)=O)C1.N.N=CN.NC=O.Nc1ncnc2[nH]cc(-c3ccc(Oc4ccccc4)cc3)c12.Nc1ncnc2c1c(-c1ccc(Oc3ccccc3)cc1)cn2C1CCCNC1.[C-]#[N+]/C(C#N)=C(/CBr)c1ccc(Oc2ccccc2)cc1.[C-]#[N+]CC#N.[C-]#[N+]c1c(-c2ccc(Oc3ccccc3)cc2)c[nH]c1N. The minimum absolute atomic E-state index is 0. The summed E-state index contributed by atoms with van der Waals surface area (Å²) >= 11 is 3.32. The Labute approximate surface area is 843 Å². The number of benzene rings is 10. The summed E-state index contributed by atoms with van der Waals surface area (Å²) in [6.07, 6.45) is 13.5. The van der Waals surface area contributed by atoms with Gasteiger partial charge in [-0.25, -0.2) is 46.3 Å². The van der Waals surface area contributed by atoms with E-state index in [0.717, 1.165) is 151 Å². The van der Waals surface area contributed by atoms with Crippen molar-refractivity contribution in [2.45, 2.75) is 93.4 Å². The lowest BCUT2D eigenvalue weighted by Gasteiger charge is -2.33. The molecule has 0 radical (unpaired) electrons. The van der Waals surface area contributed by atoms with Crippen LogP contribution in [0.3, 0.4) is 0 Å². The number of allylic oxidation sites excluding steroid dienone is 2. The Morgan fingerprint density at radius 1 is 0.573 bits per heavy atom. The number of hydrogen-bond donors (Lipinski definition) is 10. The lowest BCUT2D eigenvalue weighted by molar-refractivity contribution is -0.106. The highest BCUT2D eigenvalue weighted by atomic mass is 79.9. The van der Waals surface area contributed by atoms with Crippen LogP contribution in [0.4, 0.5) is 27.9 Å². The first-order valence-corrected chi connectivity index (χ1v) is 46.1. The van der Waals surface area contributed by atoms with E-state index in [4.69, 9.17) is 90.2 Å². The summed E-state index contributed by atoms with van der Waals surface area (Å²) in [6, 6.07) is 90.0. The molecule has 2 amide bonds. The third-order valence-corrected chi connectivity index (χ3v) is 21.0. The summed E-state index contributed by atoms with van der Waals surface area (Å²) in [5.74, 6) is 9.17. The molecule has 0 aliphatic carbocycles. The summed E-state index contributed by atoms with van der Waals surface area (Å²) in [6.45, 7) is 30.0. The van der Waals surface area contributed by atoms with E-state index < -0.39 is 27.9 Å². The van der Waals surface area contributed by atoms with Gasteiger partial charge >= 0.3 is 6.09 Å². The maximum Gasteiger partial charge on any atom is 0.410 e. The Kier molecular flexibility index (Phi) is 48.9. The third kappa shape index (κ3) is 37.1. The fourth-order valence-corrected chi connectivity index (χ4v) is 14.8. The zero-order chi connectivity index (χ0) is 99.9. The molecule has 0 bridgehead atoms. The molecule has 143 heavy (non-hydrogen) atoms. The highest BCUT2D eigenvalue weighted by molar-refractivity contribution is 9.09. The van der Waals surface area contributed by atoms with Crippen molar-refractivity contribution in [3.8, 4) is 103 Å². The van der Waals surface area contributed by atoms with Crippen molar-refractivity contribution < 1.29 is 55.4 Å². The van der Waals surface area contributed by atoms with E-state index in [1.165, 1.54) is 11.2 Å². The highest BCUT2D eigenvalue weighted by Gasteiger charge is 2.30. The second-order valence-electron chi connectivity index (χ2n) is 30.9. The number of nitrogens with one attached hydrogen (secondary N) is 4. The van der Waals surface area contributed by atoms with Crippen LogP contribution in [0.2, 0.25) is 0 Å². The van der Waals surface area contributed by atoms with Crippen LogP contribution < -0.4 is 63.8 Å². The summed E-state index contributed by atoms with van der Waals surface area (Å²) < 4.78 is 63.3. The van der Waals surface area contributed by atoms with Crippen LogP contribution in [0.25, 0.3) is 75.6 Å². The van der Waals surface area contributed by atoms with Crippen LogP contribution in [-0.4, -0.2) is 128 Å². The Morgan fingerprint density at radius 3 is 1.34 bits per heavy atom. The first kappa shape index (κ1) is 116. The zero-order valence-corrected chi connectivity index (χ0v) is 79.8. The quantitative estimate of drug-likeness (QED) is 0.00414. The summed E-state index contributed by atoms with van der Waals surface area (Å²) in [5.41, 5.74) is 36.2. The number of carbonyl (C=O) groups excluding carboxylic acids is 3. The second kappa shape index (κ2) is 60.3. The Hall–Kier alpha value is -17.5. The fraction of sp³-hybridized carbons (Fsp3) is 0.194. The average molecular weight is 2010 g/mol. The number of Topliss-reactive ketones (excluding diaryl/α,β-unsaturated/α-hetero) is 1. The van der Waals surface area contributed by atoms with Gasteiger partial charge in [0, 0.05) is 59.1 Å². The number of anilines is 3. The molecular formula is C108H118BrN21O12S. The molecule has 2 aliphatic heterocycles. The summed E-state index contributed by atoms with van der Waals surface area (Å²) in [4.78, 5) is 65.5. The maximum absolute atomic E-state index is 11.8. The topological polar surface area (TPSA) is 503 Å². The number of carbonyl (C=O) groups is 3. The molecule has 2 saturated heterocycles. The van der Waals surface area contributed by atoms with Crippen LogP contribution in [0.5, 0.6) is 57.5 Å². The molecule has 2 aliphatic rings. The number of halogens is 1. The molecule has 0 saturated carbocycles. The number of aromatic amines is 2. The molecule has 7 heterocycles. The number of ketones is 1. The van der Waals surface area contributed by atoms with Crippen LogP contribution in [0.15, 0.2) is 310 Å². The van der Waals surface area contributed by atoms with Gasteiger partial charge in [0.25, 0.3) is 22.4 Å². The number of nitrogen functional groups attached to an aromatic ring is 3. The molecule has 35 heteroatoms. The molecule has 33 nitrogen and oxygen atoms in total. The number of ether oxygens (including phenoxy) is 6. The molecule has 10 aromatic carbocycles. The van der Waals surface area contributed by atoms with Crippen LogP contribution in [0.1, 0.15) is 97.6 Å². The molecule has 17 N–H and O–H groups in total. The van der Waals surface area contributed by atoms with Crippen molar-refractivity contribution in [3.05, 3.63) is 355 Å². The number of fused-ring (bicyclic) bond motifs is 2. The monoisotopic (exact) mass is 2010 g/mol. The van der Waals surface area contributed by atoms with Gasteiger partial charge in [0.05, 0.1) is 55.2 Å². The van der Waals surface area contributed by atoms with E-state index in [-0.39, 0.29) is 59.4 Å². The Morgan fingerprint density at radius 2 is 0.972 bits per heavy atom. The molecule has 740 valence electrons. The number of alkyl halides is 1. The minimum Gasteiger partial charge on any atom is -0.457 e. The van der Waals surface area contributed by atoms with Gasteiger partial charge in [-0.3, -0.25) is 19.2 Å². The number of H-pyrrole nitrogens is 2. The number of para-hydroxylation sites is 5. The number of hydrogen-bond acceptors (Lipinski definition) is 24. The number of nitriles is 2. The first-order chi connectivity index (χ1) is 67.2. The number of piperidine rings is 2. The van der Waals surface area contributed by atoms with E-state index in [2.05, 4.69) is 100 Å². The highest BCUT2D eigenvalue weighted by Crippen LogP contribution is 2.40. The second-order valence-corrected chi connectivity index (χ2v) is 33.0. The normalized spacial score (nSPS) is 12.4. The fourth-order valence-electron chi connectivity index (χ4n) is 13.6. The van der Waals surface area contributed by atoms with Gasteiger partial charge in [-0.2, -0.15) is 13.7 Å². The van der Waals surface area contributed by atoms with Gasteiger partial charge in [0.2, 0.25) is 12.1 Å². The zero-order valence-electron chi connectivity index (χ0n) is 77.4. The lowest BCUT2D eigenvalue weighted by atomic mass is 10.1. The molecule has 0 spiro atoms. The smallest absolute Gasteiger partial charge is 0.410 e. The molecule has 5 aromatic heterocycles. The molecule has 17 rings (SSSR count). The number of aromatic nitrogens is 7. The molecular weight excluding hydrogens is 1900 g/mol. The molecule has 2 unspecified atom stereocenters. The van der Waals surface area contributed by atoms with Gasteiger partial charge in [0.15, 0.2) is 5.78 Å². The minimum atomic E-state index is -3.49. The van der Waals surface area contributed by atoms with Gasteiger partial charge in [-0.05, 0) is 227 Å². The van der Waals surface area contributed by atoms with Crippen LogP contribution >= 0.6 is 15.9 Å². The largest absolute Gasteiger partial charge is 0.457 e. The maximum atomic E-state index is 11.8. The van der Waals surface area contributed by atoms with E-state index in [1.807, 2.05) is 249 Å². The van der Waals surface area contributed by atoms with E-state index in [9.17, 15) is 18.0 Å². The number of nitrogens with two attached hydrogens (primary N) is 5. The van der Waals surface area contributed by atoms with Crippen molar-refractivity contribution in [2.24, 2.45) is 11.5 Å². The van der Waals surface area contributed by atoms with Gasteiger partial charge in [0.1, 0.15) is 111 Å². The number of primary amides is 1. The Balaban J connectivity index is 0.000000297. The predicted molar refractivity (Wildman–Crippen MR) is 570 cm³/mol. The number of rotatable bonds is 19. The van der Waals surface area contributed by atoms with Gasteiger partial charge in [-0.1, -0.05) is 178 Å².